The molecule has 0 radical (unpaired) electrons. The molecule has 0 bridgehead atoms. The van der Waals surface area contributed by atoms with Crippen LogP contribution in [0.2, 0.25) is 0 Å². The normalized spacial score (nSPS) is 17.1. The Labute approximate surface area is 205 Å². The predicted molar refractivity (Wildman–Crippen MR) is 132 cm³/mol. The molecule has 1 fully saturated rings. The molecule has 1 aliphatic rings. The van der Waals surface area contributed by atoms with E-state index in [0.717, 1.165) is 0 Å². The van der Waals surface area contributed by atoms with Crippen LogP contribution in [-0.4, -0.2) is 85.8 Å². The summed E-state index contributed by atoms with van der Waals surface area (Å²) in [5, 5.41) is 18.3. The fraction of sp³-hybridized carbons (Fsp3) is 0.714. The second-order valence-electron chi connectivity index (χ2n) is 8.43. The van der Waals surface area contributed by atoms with Gasteiger partial charge in [-0.2, -0.15) is 0 Å². The zero-order valence-corrected chi connectivity index (χ0v) is 20.4. The Morgan fingerprint density at radius 3 is 1.86 bits per heavy atom. The molecule has 0 aromatic carbocycles. The maximum atomic E-state index is 12.3. The van der Waals surface area contributed by atoms with Gasteiger partial charge in [-0.15, -0.1) is 0 Å². The lowest BCUT2D eigenvalue weighted by Crippen LogP contribution is -2.61. The minimum atomic E-state index is -0.580. The van der Waals surface area contributed by atoms with E-state index in [4.69, 9.17) is 22.6 Å². The van der Waals surface area contributed by atoms with Crippen molar-refractivity contribution >= 4 is 35.5 Å². The highest BCUT2D eigenvalue weighted by Gasteiger charge is 2.32. The molecule has 0 aliphatic carbocycles. The van der Waals surface area contributed by atoms with E-state index >= 15 is 0 Å². The van der Waals surface area contributed by atoms with Crippen LogP contribution in [0.1, 0.15) is 51.4 Å². The van der Waals surface area contributed by atoms with Crippen molar-refractivity contribution in [3.05, 3.63) is 0 Å². The highest BCUT2D eigenvalue weighted by atomic mass is 16.2. The average Bonchev–Trinajstić information content (AvgIpc) is 2.79. The van der Waals surface area contributed by atoms with E-state index in [-0.39, 0.29) is 54.9 Å². The van der Waals surface area contributed by atoms with Crippen LogP contribution in [-0.2, 0) is 19.2 Å². The zero-order chi connectivity index (χ0) is 26.2. The minimum absolute atomic E-state index is 0.0525. The van der Waals surface area contributed by atoms with Crippen LogP contribution in [0.5, 0.6) is 0 Å². The van der Waals surface area contributed by atoms with Crippen molar-refractivity contribution in [2.24, 2.45) is 22.2 Å². The third kappa shape index (κ3) is 13.0. The molecule has 4 amide bonds. The molecule has 35 heavy (non-hydrogen) atoms. The molecule has 0 aromatic rings. The van der Waals surface area contributed by atoms with Gasteiger partial charge in [0.15, 0.2) is 11.9 Å². The summed E-state index contributed by atoms with van der Waals surface area (Å²) in [5.74, 6) is -0.841. The van der Waals surface area contributed by atoms with Crippen molar-refractivity contribution in [1.82, 2.24) is 26.2 Å². The van der Waals surface area contributed by atoms with Gasteiger partial charge in [-0.3, -0.25) is 29.6 Å². The first-order chi connectivity index (χ1) is 16.6. The lowest BCUT2D eigenvalue weighted by Gasteiger charge is -2.29. The summed E-state index contributed by atoms with van der Waals surface area (Å²) in [5.41, 5.74) is 15.7. The number of nitrogens with two attached hydrogens (primary N) is 3. The smallest absolute Gasteiger partial charge is 0.243 e. The molecule has 2 atom stereocenters. The number of carbonyl (C=O) groups is 4. The Kier molecular flexibility index (Phi) is 13.6. The highest BCUT2D eigenvalue weighted by molar-refractivity contribution is 5.96. The molecule has 1 saturated heterocycles. The number of piperazine rings is 1. The predicted octanol–water partition coefficient (Wildman–Crippen LogP) is -2.58. The summed E-state index contributed by atoms with van der Waals surface area (Å²) in [6.45, 7) is 1.54. The Balaban J connectivity index is 2.14. The van der Waals surface area contributed by atoms with E-state index in [9.17, 15) is 19.2 Å². The number of amides is 4. The fourth-order valence-corrected chi connectivity index (χ4v) is 3.34. The lowest BCUT2D eigenvalue weighted by atomic mass is 10.0. The average molecular weight is 497 g/mol. The van der Waals surface area contributed by atoms with Gasteiger partial charge in [-0.1, -0.05) is 0 Å². The van der Waals surface area contributed by atoms with Gasteiger partial charge >= 0.3 is 0 Å². The molecular weight excluding hydrogens is 456 g/mol. The van der Waals surface area contributed by atoms with Gasteiger partial charge in [-0.05, 0) is 38.5 Å². The van der Waals surface area contributed by atoms with Crippen molar-refractivity contribution in [3.8, 4) is 0 Å². The van der Waals surface area contributed by atoms with Gasteiger partial charge in [0.05, 0.1) is 6.54 Å². The molecule has 11 N–H and O–H groups in total. The maximum absolute atomic E-state index is 12.3. The van der Waals surface area contributed by atoms with Gasteiger partial charge in [-0.25, -0.2) is 0 Å². The van der Waals surface area contributed by atoms with E-state index in [1.54, 1.807) is 7.05 Å². The number of nitrogens with zero attached hydrogens (tertiary/aromatic N) is 2. The first-order valence-corrected chi connectivity index (χ1v) is 11.8. The topological polar surface area (TPSA) is 234 Å². The van der Waals surface area contributed by atoms with Crippen molar-refractivity contribution in [2.45, 2.75) is 63.5 Å². The van der Waals surface area contributed by atoms with Crippen LogP contribution in [0.4, 0.5) is 0 Å². The second kappa shape index (κ2) is 16.1. The highest BCUT2D eigenvalue weighted by Crippen LogP contribution is 2.10. The molecule has 0 saturated carbocycles. The summed E-state index contributed by atoms with van der Waals surface area (Å²) >= 11 is 0. The molecule has 0 aromatic heterocycles. The number of unbranched alkanes of at least 4 members (excludes halogenated alkanes) is 2. The Morgan fingerprint density at radius 2 is 1.40 bits per heavy atom. The van der Waals surface area contributed by atoms with Gasteiger partial charge in [0.1, 0.15) is 12.1 Å². The van der Waals surface area contributed by atoms with Crippen molar-refractivity contribution < 1.29 is 19.2 Å². The van der Waals surface area contributed by atoms with E-state index in [1.165, 1.54) is 4.90 Å². The number of nitrogens with one attached hydrogen (secondary N) is 5. The van der Waals surface area contributed by atoms with E-state index in [1.807, 2.05) is 0 Å². The second-order valence-corrected chi connectivity index (χ2v) is 8.43. The third-order valence-electron chi connectivity index (χ3n) is 5.47. The minimum Gasteiger partial charge on any atom is -0.370 e. The van der Waals surface area contributed by atoms with Crippen LogP contribution in [0.15, 0.2) is 4.99 Å². The molecule has 0 spiro atoms. The maximum Gasteiger partial charge on any atom is 0.243 e. The molecule has 1 aliphatic heterocycles. The summed E-state index contributed by atoms with van der Waals surface area (Å²) < 4.78 is 0. The first kappa shape index (κ1) is 29.5. The molecule has 14 heteroatoms. The van der Waals surface area contributed by atoms with Crippen molar-refractivity contribution in [2.75, 3.05) is 33.2 Å². The Hall–Kier alpha value is -3.58. The Bertz CT molecular complexity index is 769. The summed E-state index contributed by atoms with van der Waals surface area (Å²) in [6.07, 6.45) is 4.09. The van der Waals surface area contributed by atoms with Gasteiger partial charge < -0.3 is 43.4 Å². The number of aliphatic imine (C=N–C) groups is 1. The molecule has 198 valence electrons. The van der Waals surface area contributed by atoms with Crippen molar-refractivity contribution in [1.29, 1.82) is 5.41 Å². The Morgan fingerprint density at radius 1 is 0.914 bits per heavy atom. The summed E-state index contributed by atoms with van der Waals surface area (Å²) in [4.78, 5) is 53.3. The van der Waals surface area contributed by atoms with Crippen LogP contribution in [0.3, 0.4) is 0 Å². The molecular formula is C21H40N10O4. The molecule has 14 nitrogen and oxygen atoms in total. The third-order valence-corrected chi connectivity index (χ3v) is 5.47. The van der Waals surface area contributed by atoms with E-state index in [0.29, 0.717) is 58.2 Å². The summed E-state index contributed by atoms with van der Waals surface area (Å²) in [6, 6.07) is -1.16. The lowest BCUT2D eigenvalue weighted by molar-refractivity contribution is -0.137. The zero-order valence-electron chi connectivity index (χ0n) is 20.4. The van der Waals surface area contributed by atoms with Crippen LogP contribution >= 0.6 is 0 Å². The van der Waals surface area contributed by atoms with E-state index < -0.39 is 12.1 Å². The number of guanidine groups is 2. The monoisotopic (exact) mass is 496 g/mol. The van der Waals surface area contributed by atoms with Crippen molar-refractivity contribution in [3.63, 3.8) is 0 Å². The van der Waals surface area contributed by atoms with Crippen LogP contribution in [0, 0.1) is 5.41 Å². The van der Waals surface area contributed by atoms with Gasteiger partial charge in [0, 0.05) is 39.5 Å². The number of rotatable bonds is 16. The first-order valence-electron chi connectivity index (χ1n) is 11.8. The molecule has 1 heterocycles. The van der Waals surface area contributed by atoms with Gasteiger partial charge in [0.2, 0.25) is 23.6 Å². The van der Waals surface area contributed by atoms with Gasteiger partial charge in [0.25, 0.3) is 0 Å². The number of carbonyl (C=O) groups excluding carboxylic acids is 4. The van der Waals surface area contributed by atoms with E-state index in [2.05, 4.69) is 26.3 Å². The fourth-order valence-electron chi connectivity index (χ4n) is 3.34. The van der Waals surface area contributed by atoms with Crippen LogP contribution in [0.25, 0.3) is 0 Å². The summed E-state index contributed by atoms with van der Waals surface area (Å²) in [7, 11) is 1.64. The number of hydrogen-bond donors (Lipinski definition) is 8. The molecule has 0 unspecified atom stereocenters. The SMILES string of the molecule is CN(CCC(=O)NCCCC[C@@H]1NC(=O)[C@H](CCCCNC(=O)CCN=C(N)N)NC1=O)C(=N)N. The largest absolute Gasteiger partial charge is 0.370 e. The molecule has 1 rings (SSSR count). The standard InChI is InChI=1S/C21H40N10O4/c1-31(21(24)25)13-9-17(33)27-11-5-3-7-15-19(35)29-14(18(34)30-15)6-2-4-10-26-16(32)8-12-28-20(22)23/h14-15H,2-13H2,1H3,(H3,24,25)(H,26,32)(H,27,33)(H,29,35)(H,30,34)(H4,22,23,28)/t14-,15-/m0/s1. The quantitative estimate of drug-likeness (QED) is 0.0640. The number of hydrogen-bond acceptors (Lipinski definition) is 6. The van der Waals surface area contributed by atoms with Crippen LogP contribution < -0.4 is 38.5 Å².